The lowest BCUT2D eigenvalue weighted by atomic mass is 9.87. The van der Waals surface area contributed by atoms with Crippen LogP contribution in [0.25, 0.3) is 0 Å². The summed E-state index contributed by atoms with van der Waals surface area (Å²) in [6.07, 6.45) is 2.21. The lowest BCUT2D eigenvalue weighted by Crippen LogP contribution is -2.13. The number of hydrogen-bond acceptors (Lipinski definition) is 2. The highest BCUT2D eigenvalue weighted by atomic mass is 19.2. The van der Waals surface area contributed by atoms with Crippen LogP contribution in [0.5, 0.6) is 0 Å². The van der Waals surface area contributed by atoms with Gasteiger partial charge in [-0.2, -0.15) is 0 Å². The first-order valence-corrected chi connectivity index (χ1v) is 7.16. The van der Waals surface area contributed by atoms with Crippen LogP contribution >= 0.6 is 0 Å². The Bertz CT molecular complexity index is 659. The molecule has 1 aliphatic rings. The van der Waals surface area contributed by atoms with Crippen LogP contribution in [0, 0.1) is 11.6 Å². The fraction of sp³-hybridized carbons (Fsp3) is 0.353. The molecule has 0 fully saturated rings. The van der Waals surface area contributed by atoms with Crippen LogP contribution in [0.1, 0.15) is 54.5 Å². The molecule has 21 heavy (non-hydrogen) atoms. The Morgan fingerprint density at radius 3 is 2.67 bits per heavy atom. The predicted octanol–water partition coefficient (Wildman–Crippen LogP) is 4.07. The van der Waals surface area contributed by atoms with Crippen molar-refractivity contribution in [3.05, 3.63) is 65.0 Å². The molecule has 2 nitrogen and oxygen atoms in total. The molecule has 1 aromatic carbocycles. The number of rotatable bonds is 1. The second kappa shape index (κ2) is 5.53. The van der Waals surface area contributed by atoms with Crippen molar-refractivity contribution in [3.8, 4) is 0 Å². The SMILES string of the molecule is C[C@@H]1CC[C@@H](c2cccc(F)c2F)[C@H](O)c2cccnc21. The van der Waals surface area contributed by atoms with E-state index in [9.17, 15) is 13.9 Å². The minimum Gasteiger partial charge on any atom is -0.388 e. The summed E-state index contributed by atoms with van der Waals surface area (Å²) in [5, 5.41) is 10.7. The summed E-state index contributed by atoms with van der Waals surface area (Å²) in [5.74, 6) is -1.99. The van der Waals surface area contributed by atoms with Crippen LogP contribution in [-0.4, -0.2) is 10.1 Å². The number of fused-ring (bicyclic) bond motifs is 1. The van der Waals surface area contributed by atoms with Crippen molar-refractivity contribution in [1.29, 1.82) is 0 Å². The van der Waals surface area contributed by atoms with Crippen molar-refractivity contribution >= 4 is 0 Å². The van der Waals surface area contributed by atoms with Gasteiger partial charge in [-0.1, -0.05) is 25.1 Å². The van der Waals surface area contributed by atoms with Gasteiger partial charge in [0.1, 0.15) is 0 Å². The molecule has 0 spiro atoms. The molecule has 0 saturated carbocycles. The van der Waals surface area contributed by atoms with Crippen molar-refractivity contribution < 1.29 is 13.9 Å². The number of nitrogens with zero attached hydrogens (tertiary/aromatic N) is 1. The smallest absolute Gasteiger partial charge is 0.162 e. The van der Waals surface area contributed by atoms with Gasteiger partial charge in [-0.15, -0.1) is 0 Å². The highest BCUT2D eigenvalue weighted by Crippen LogP contribution is 2.43. The van der Waals surface area contributed by atoms with E-state index < -0.39 is 23.7 Å². The van der Waals surface area contributed by atoms with Crippen molar-refractivity contribution in [3.63, 3.8) is 0 Å². The van der Waals surface area contributed by atoms with Crippen LogP contribution in [0.3, 0.4) is 0 Å². The maximum absolute atomic E-state index is 14.1. The summed E-state index contributed by atoms with van der Waals surface area (Å²) in [5.41, 5.74) is 1.81. The lowest BCUT2D eigenvalue weighted by molar-refractivity contribution is 0.140. The van der Waals surface area contributed by atoms with Crippen LogP contribution in [0.4, 0.5) is 8.78 Å². The molecule has 0 aliphatic heterocycles. The molecule has 1 aliphatic carbocycles. The molecule has 0 saturated heterocycles. The summed E-state index contributed by atoms with van der Waals surface area (Å²) in [6.45, 7) is 2.04. The summed E-state index contributed by atoms with van der Waals surface area (Å²) >= 11 is 0. The number of halogens is 2. The molecule has 0 amide bonds. The molecule has 0 unspecified atom stereocenters. The Balaban J connectivity index is 2.07. The average Bonchev–Trinajstić information content (AvgIpc) is 2.62. The molecule has 2 aromatic rings. The number of aliphatic hydroxyl groups excluding tert-OH is 1. The second-order valence-electron chi connectivity index (χ2n) is 5.65. The Morgan fingerprint density at radius 1 is 1.10 bits per heavy atom. The van der Waals surface area contributed by atoms with Crippen molar-refractivity contribution in [2.45, 2.75) is 37.7 Å². The van der Waals surface area contributed by atoms with E-state index in [0.29, 0.717) is 6.42 Å². The summed E-state index contributed by atoms with van der Waals surface area (Å²) in [6, 6.07) is 7.72. The first-order valence-electron chi connectivity index (χ1n) is 7.16. The Labute approximate surface area is 122 Å². The first-order chi connectivity index (χ1) is 10.1. The molecule has 3 rings (SSSR count). The van der Waals surface area contributed by atoms with E-state index in [4.69, 9.17) is 0 Å². The fourth-order valence-corrected chi connectivity index (χ4v) is 3.17. The second-order valence-corrected chi connectivity index (χ2v) is 5.65. The Morgan fingerprint density at radius 2 is 1.86 bits per heavy atom. The van der Waals surface area contributed by atoms with Crippen LogP contribution in [0.2, 0.25) is 0 Å². The largest absolute Gasteiger partial charge is 0.388 e. The zero-order valence-corrected chi connectivity index (χ0v) is 11.8. The molecular weight excluding hydrogens is 272 g/mol. The lowest BCUT2D eigenvalue weighted by Gasteiger charge is -2.22. The first kappa shape index (κ1) is 14.1. The van der Waals surface area contributed by atoms with Crippen molar-refractivity contribution in [2.24, 2.45) is 0 Å². The predicted molar refractivity (Wildman–Crippen MR) is 75.9 cm³/mol. The van der Waals surface area contributed by atoms with Gasteiger partial charge in [-0.05, 0) is 36.5 Å². The van der Waals surface area contributed by atoms with E-state index in [1.807, 2.05) is 13.0 Å². The van der Waals surface area contributed by atoms with Crippen molar-refractivity contribution in [2.75, 3.05) is 0 Å². The zero-order valence-electron chi connectivity index (χ0n) is 11.8. The van der Waals surface area contributed by atoms with Crippen LogP contribution < -0.4 is 0 Å². The van der Waals surface area contributed by atoms with Crippen LogP contribution in [0.15, 0.2) is 36.5 Å². The highest BCUT2D eigenvalue weighted by molar-refractivity contribution is 5.33. The quantitative estimate of drug-likeness (QED) is 0.803. The minimum absolute atomic E-state index is 0.192. The molecule has 4 heteroatoms. The normalized spacial score (nSPS) is 25.2. The van der Waals surface area contributed by atoms with Crippen molar-refractivity contribution in [1.82, 2.24) is 4.98 Å². The number of hydrogen-bond donors (Lipinski definition) is 1. The number of aliphatic hydroxyl groups is 1. The number of aromatic nitrogens is 1. The van der Waals surface area contributed by atoms with Gasteiger partial charge in [0.25, 0.3) is 0 Å². The van der Waals surface area contributed by atoms with E-state index in [0.717, 1.165) is 23.7 Å². The summed E-state index contributed by atoms with van der Waals surface area (Å²) < 4.78 is 27.5. The molecule has 0 bridgehead atoms. The van der Waals surface area contributed by atoms with Gasteiger partial charge < -0.3 is 5.11 Å². The van der Waals surface area contributed by atoms with Gasteiger partial charge in [-0.25, -0.2) is 8.78 Å². The fourth-order valence-electron chi connectivity index (χ4n) is 3.17. The standard InChI is InChI=1S/C17H17F2NO/c1-10-7-8-12(11-4-2-6-14(18)15(11)19)17(21)13-5-3-9-20-16(10)13/h2-6,9-10,12,17,21H,7-8H2,1H3/t10-,12+,17+/m1/s1. The van der Waals surface area contributed by atoms with Gasteiger partial charge in [0.2, 0.25) is 0 Å². The van der Waals surface area contributed by atoms with Gasteiger partial charge in [0.05, 0.1) is 6.10 Å². The number of pyridine rings is 1. The number of benzene rings is 1. The summed E-state index contributed by atoms with van der Waals surface area (Å²) in [7, 11) is 0. The summed E-state index contributed by atoms with van der Waals surface area (Å²) in [4.78, 5) is 4.35. The van der Waals surface area contributed by atoms with E-state index in [1.165, 1.54) is 6.07 Å². The van der Waals surface area contributed by atoms with E-state index >= 15 is 0 Å². The topological polar surface area (TPSA) is 33.1 Å². The highest BCUT2D eigenvalue weighted by Gasteiger charge is 2.32. The molecular formula is C17H17F2NO. The minimum atomic E-state index is -0.872. The molecule has 110 valence electrons. The van der Waals surface area contributed by atoms with Crippen LogP contribution in [-0.2, 0) is 0 Å². The molecule has 1 aromatic heterocycles. The monoisotopic (exact) mass is 289 g/mol. The third kappa shape index (κ3) is 2.44. The maximum Gasteiger partial charge on any atom is 0.162 e. The van der Waals surface area contributed by atoms with Gasteiger partial charge in [0, 0.05) is 23.4 Å². The molecule has 1 N–H and O–H groups in total. The molecule has 0 radical (unpaired) electrons. The van der Waals surface area contributed by atoms with E-state index in [-0.39, 0.29) is 11.5 Å². The molecule has 3 atom stereocenters. The van der Waals surface area contributed by atoms with Gasteiger partial charge >= 0.3 is 0 Å². The zero-order chi connectivity index (χ0) is 15.0. The average molecular weight is 289 g/mol. The van der Waals surface area contributed by atoms with E-state index in [1.54, 1.807) is 18.3 Å². The van der Waals surface area contributed by atoms with Gasteiger partial charge in [-0.3, -0.25) is 4.98 Å². The third-order valence-electron chi connectivity index (χ3n) is 4.33. The van der Waals surface area contributed by atoms with Gasteiger partial charge in [0.15, 0.2) is 11.6 Å². The van der Waals surface area contributed by atoms with E-state index in [2.05, 4.69) is 4.98 Å². The third-order valence-corrected chi connectivity index (χ3v) is 4.33. The Hall–Kier alpha value is -1.81. The molecule has 1 heterocycles. The maximum atomic E-state index is 14.1. The Kier molecular flexibility index (Phi) is 3.72.